The highest BCUT2D eigenvalue weighted by atomic mass is 14.1. The number of benzene rings is 1. The lowest BCUT2D eigenvalue weighted by atomic mass is 9.91. The number of rotatable bonds is 1. The van der Waals surface area contributed by atoms with Crippen LogP contribution in [0.3, 0.4) is 0 Å². The van der Waals surface area contributed by atoms with E-state index in [2.05, 4.69) is 46.8 Å². The van der Waals surface area contributed by atoms with Gasteiger partial charge in [-0.1, -0.05) is 26.0 Å². The van der Waals surface area contributed by atoms with E-state index in [4.69, 9.17) is 0 Å². The largest absolute Gasteiger partial charge is 0.0588 e. The zero-order valence-electron chi connectivity index (χ0n) is 8.65. The van der Waals surface area contributed by atoms with Crippen molar-refractivity contribution in [3.8, 4) is 0 Å². The summed E-state index contributed by atoms with van der Waals surface area (Å²) in [6.45, 7) is 10.9. The molecule has 0 saturated carbocycles. The first-order valence-electron chi connectivity index (χ1n) is 4.41. The first-order valence-corrected chi connectivity index (χ1v) is 4.41. The molecule has 1 aromatic carbocycles. The van der Waals surface area contributed by atoms with Gasteiger partial charge in [0.15, 0.2) is 0 Å². The van der Waals surface area contributed by atoms with Crippen molar-refractivity contribution in [1.29, 1.82) is 0 Å². The molecule has 1 radical (unpaired) electrons. The predicted molar refractivity (Wildman–Crippen MR) is 54.3 cm³/mol. The van der Waals surface area contributed by atoms with Crippen LogP contribution in [0.1, 0.15) is 36.1 Å². The second kappa shape index (κ2) is 3.30. The van der Waals surface area contributed by atoms with E-state index < -0.39 is 0 Å². The maximum Gasteiger partial charge on any atom is -0.000651 e. The van der Waals surface area contributed by atoms with Gasteiger partial charge in [-0.3, -0.25) is 0 Å². The molecule has 0 heteroatoms. The normalized spacial score (nSPS) is 10.8. The molecule has 0 heterocycles. The molecule has 0 amide bonds. The van der Waals surface area contributed by atoms with E-state index in [0.29, 0.717) is 0 Å². The Morgan fingerprint density at radius 1 is 0.917 bits per heavy atom. The Kier molecular flexibility index (Phi) is 2.56. The Balaban J connectivity index is 3.33. The summed E-state index contributed by atoms with van der Waals surface area (Å²) in [7, 11) is 0. The van der Waals surface area contributed by atoms with E-state index >= 15 is 0 Å². The molecule has 0 aliphatic carbocycles. The van der Waals surface area contributed by atoms with Gasteiger partial charge in [-0.05, 0) is 48.9 Å². The highest BCUT2D eigenvalue weighted by molar-refractivity contribution is 5.46. The third-order valence-corrected chi connectivity index (χ3v) is 2.44. The fourth-order valence-electron chi connectivity index (χ4n) is 1.72. The average Bonchev–Trinajstić information content (AvgIpc) is 1.97. The molecule has 0 bridgehead atoms. The van der Waals surface area contributed by atoms with Crippen LogP contribution in [0.4, 0.5) is 0 Å². The second-order valence-electron chi connectivity index (χ2n) is 3.70. The van der Waals surface area contributed by atoms with Gasteiger partial charge in [-0.25, -0.2) is 0 Å². The summed E-state index contributed by atoms with van der Waals surface area (Å²) in [5, 5.41) is 0. The Morgan fingerprint density at radius 3 is 1.83 bits per heavy atom. The zero-order chi connectivity index (χ0) is 9.30. The van der Waals surface area contributed by atoms with Crippen molar-refractivity contribution in [3.05, 3.63) is 40.3 Å². The minimum absolute atomic E-state index is 1.39. The van der Waals surface area contributed by atoms with Crippen LogP contribution in [-0.4, -0.2) is 0 Å². The zero-order valence-corrected chi connectivity index (χ0v) is 8.65. The summed E-state index contributed by atoms with van der Waals surface area (Å²) in [6.07, 6.45) is 0. The molecular formula is C12H17. The van der Waals surface area contributed by atoms with Crippen molar-refractivity contribution < 1.29 is 0 Å². The van der Waals surface area contributed by atoms with E-state index in [0.717, 1.165) is 0 Å². The van der Waals surface area contributed by atoms with E-state index in [-0.39, 0.29) is 0 Å². The topological polar surface area (TPSA) is 0 Å². The SMILES string of the molecule is C[C](C)c1c(C)ccc(C)c1C. The Morgan fingerprint density at radius 2 is 1.42 bits per heavy atom. The molecule has 0 nitrogen and oxygen atoms in total. The van der Waals surface area contributed by atoms with Gasteiger partial charge in [0.2, 0.25) is 0 Å². The smallest absolute Gasteiger partial charge is 0.000651 e. The lowest BCUT2D eigenvalue weighted by Gasteiger charge is -2.14. The summed E-state index contributed by atoms with van der Waals surface area (Å²) < 4.78 is 0. The van der Waals surface area contributed by atoms with Gasteiger partial charge in [0, 0.05) is 0 Å². The minimum Gasteiger partial charge on any atom is -0.0588 e. The van der Waals surface area contributed by atoms with Crippen LogP contribution in [0.2, 0.25) is 0 Å². The van der Waals surface area contributed by atoms with Crippen molar-refractivity contribution in [1.82, 2.24) is 0 Å². The number of hydrogen-bond acceptors (Lipinski definition) is 0. The first kappa shape index (κ1) is 9.31. The third kappa shape index (κ3) is 1.52. The summed E-state index contributed by atoms with van der Waals surface area (Å²) in [6, 6.07) is 4.39. The van der Waals surface area contributed by atoms with Crippen LogP contribution < -0.4 is 0 Å². The third-order valence-electron chi connectivity index (χ3n) is 2.44. The maximum absolute atomic E-state index is 2.20. The highest BCUT2D eigenvalue weighted by Gasteiger charge is 2.08. The molecule has 0 fully saturated rings. The van der Waals surface area contributed by atoms with Crippen LogP contribution in [0, 0.1) is 26.7 Å². The minimum atomic E-state index is 1.39. The molecule has 65 valence electrons. The van der Waals surface area contributed by atoms with Crippen molar-refractivity contribution in [2.75, 3.05) is 0 Å². The van der Waals surface area contributed by atoms with E-state index in [1.807, 2.05) is 0 Å². The van der Waals surface area contributed by atoms with E-state index in [1.165, 1.54) is 28.2 Å². The quantitative estimate of drug-likeness (QED) is 0.590. The number of aryl methyl sites for hydroxylation is 2. The van der Waals surface area contributed by atoms with Crippen molar-refractivity contribution in [2.45, 2.75) is 34.6 Å². The Labute approximate surface area is 75.6 Å². The summed E-state index contributed by atoms with van der Waals surface area (Å²) in [5.41, 5.74) is 5.64. The summed E-state index contributed by atoms with van der Waals surface area (Å²) in [4.78, 5) is 0. The standard InChI is InChI=1S/C12H17/c1-8(2)12-10(4)7-6-9(3)11(12)5/h6-7H,1-5H3. The fourth-order valence-corrected chi connectivity index (χ4v) is 1.72. The molecule has 12 heavy (non-hydrogen) atoms. The van der Waals surface area contributed by atoms with Crippen molar-refractivity contribution in [3.63, 3.8) is 0 Å². The Hall–Kier alpha value is -0.780. The van der Waals surface area contributed by atoms with Gasteiger partial charge >= 0.3 is 0 Å². The predicted octanol–water partition coefficient (Wildman–Crippen LogP) is 3.57. The average molecular weight is 161 g/mol. The van der Waals surface area contributed by atoms with Gasteiger partial charge in [0.05, 0.1) is 0 Å². The molecule has 0 unspecified atom stereocenters. The van der Waals surface area contributed by atoms with Crippen LogP contribution in [0.15, 0.2) is 12.1 Å². The summed E-state index contributed by atoms with van der Waals surface area (Å²) in [5.74, 6) is 1.41. The fraction of sp³-hybridized carbons (Fsp3) is 0.417. The van der Waals surface area contributed by atoms with E-state index in [1.54, 1.807) is 0 Å². The van der Waals surface area contributed by atoms with Crippen LogP contribution >= 0.6 is 0 Å². The number of hydrogen-bond donors (Lipinski definition) is 0. The molecule has 0 spiro atoms. The van der Waals surface area contributed by atoms with Gasteiger partial charge in [-0.2, -0.15) is 0 Å². The summed E-state index contributed by atoms with van der Waals surface area (Å²) >= 11 is 0. The monoisotopic (exact) mass is 161 g/mol. The van der Waals surface area contributed by atoms with E-state index in [9.17, 15) is 0 Å². The van der Waals surface area contributed by atoms with Gasteiger partial charge in [0.25, 0.3) is 0 Å². The molecule has 0 aromatic heterocycles. The van der Waals surface area contributed by atoms with Crippen LogP contribution in [-0.2, 0) is 0 Å². The van der Waals surface area contributed by atoms with Crippen molar-refractivity contribution in [2.24, 2.45) is 0 Å². The second-order valence-corrected chi connectivity index (χ2v) is 3.70. The lowest BCUT2D eigenvalue weighted by Crippen LogP contribution is -1.98. The van der Waals surface area contributed by atoms with Crippen LogP contribution in [0.5, 0.6) is 0 Å². The Bertz CT molecular complexity index is 282. The van der Waals surface area contributed by atoms with Crippen LogP contribution in [0.25, 0.3) is 0 Å². The van der Waals surface area contributed by atoms with Gasteiger partial charge in [0.1, 0.15) is 0 Å². The molecular weight excluding hydrogens is 144 g/mol. The molecule has 1 rings (SSSR count). The molecule has 0 aliphatic heterocycles. The highest BCUT2D eigenvalue weighted by Crippen LogP contribution is 2.24. The first-order chi connectivity index (χ1) is 5.54. The molecule has 1 aromatic rings. The lowest BCUT2D eigenvalue weighted by molar-refractivity contribution is 1.08. The van der Waals surface area contributed by atoms with Gasteiger partial charge in [-0.15, -0.1) is 0 Å². The van der Waals surface area contributed by atoms with Gasteiger partial charge < -0.3 is 0 Å². The maximum atomic E-state index is 2.20. The molecule has 0 atom stereocenters. The molecule has 0 aliphatic rings. The molecule has 0 saturated heterocycles. The molecule has 0 N–H and O–H groups in total. The van der Waals surface area contributed by atoms with Crippen molar-refractivity contribution >= 4 is 0 Å².